The van der Waals surface area contributed by atoms with Crippen LogP contribution in [0.15, 0.2) is 30.3 Å². The molecule has 2 aliphatic heterocycles. The predicted molar refractivity (Wildman–Crippen MR) is 67.0 cm³/mol. The second-order valence-electron chi connectivity index (χ2n) is 4.58. The lowest BCUT2D eigenvalue weighted by atomic mass is 10.0. The first-order valence-corrected chi connectivity index (χ1v) is 6.87. The molecule has 0 aromatic heterocycles. The molecule has 3 heteroatoms. The Kier molecular flexibility index (Phi) is 2.60. The number of ketones is 1. The average Bonchev–Trinajstić information content (AvgIpc) is 2.91. The van der Waals surface area contributed by atoms with E-state index in [1.54, 1.807) is 0 Å². The number of halogens is 1. The van der Waals surface area contributed by atoms with Crippen LogP contribution in [0.2, 0.25) is 0 Å². The summed E-state index contributed by atoms with van der Waals surface area (Å²) in [6.45, 7) is 0. The standard InChI is InChI=1S/C13H14BrNO/c14-8-10-6-7-11-12(15(10)11)13(16)9-4-2-1-3-5-9/h1-5,10-12H,6-8H2/t10-,11-,12+,15?/m1/s1. The minimum absolute atomic E-state index is 0.165. The monoisotopic (exact) mass is 279 g/mol. The van der Waals surface area contributed by atoms with Crippen LogP contribution in [0.25, 0.3) is 0 Å². The first-order valence-electron chi connectivity index (χ1n) is 5.75. The number of Topliss-reactive ketones (excluding diaryl/α,β-unsaturated/α-hetero) is 1. The van der Waals surface area contributed by atoms with E-state index in [0.717, 1.165) is 10.9 Å². The first-order chi connectivity index (χ1) is 7.83. The molecule has 2 saturated heterocycles. The van der Waals surface area contributed by atoms with Crippen LogP contribution in [0.3, 0.4) is 0 Å². The highest BCUT2D eigenvalue weighted by molar-refractivity contribution is 9.09. The summed E-state index contributed by atoms with van der Waals surface area (Å²) in [5.41, 5.74) is 0.857. The SMILES string of the molecule is O=C(c1ccccc1)[C@@H]1[C@H]2CC[C@H](CBr)N21. The third-order valence-electron chi connectivity index (χ3n) is 3.70. The average molecular weight is 280 g/mol. The Bertz CT molecular complexity index is 406. The van der Waals surface area contributed by atoms with Gasteiger partial charge in [-0.2, -0.15) is 0 Å². The third kappa shape index (κ3) is 1.54. The molecule has 1 unspecified atom stereocenters. The molecule has 3 rings (SSSR count). The second kappa shape index (κ2) is 3.97. The Labute approximate surface area is 104 Å². The van der Waals surface area contributed by atoms with Gasteiger partial charge in [0, 0.05) is 23.0 Å². The van der Waals surface area contributed by atoms with E-state index in [4.69, 9.17) is 0 Å². The Morgan fingerprint density at radius 3 is 2.75 bits per heavy atom. The summed E-state index contributed by atoms with van der Waals surface area (Å²) in [7, 11) is 0. The van der Waals surface area contributed by atoms with Gasteiger partial charge in [0.1, 0.15) is 0 Å². The van der Waals surface area contributed by atoms with Crippen LogP contribution >= 0.6 is 15.9 Å². The molecule has 0 bridgehead atoms. The van der Waals surface area contributed by atoms with E-state index in [-0.39, 0.29) is 6.04 Å². The smallest absolute Gasteiger partial charge is 0.181 e. The van der Waals surface area contributed by atoms with Crippen molar-refractivity contribution in [3.63, 3.8) is 0 Å². The Morgan fingerprint density at radius 2 is 2.06 bits per heavy atom. The van der Waals surface area contributed by atoms with E-state index in [2.05, 4.69) is 20.8 Å². The van der Waals surface area contributed by atoms with Gasteiger partial charge in [-0.1, -0.05) is 46.3 Å². The van der Waals surface area contributed by atoms with E-state index in [9.17, 15) is 4.79 Å². The third-order valence-corrected chi connectivity index (χ3v) is 4.45. The van der Waals surface area contributed by atoms with Crippen LogP contribution in [0.4, 0.5) is 0 Å². The molecule has 2 fully saturated rings. The minimum atomic E-state index is 0.165. The topological polar surface area (TPSA) is 20.1 Å². The Morgan fingerprint density at radius 1 is 1.31 bits per heavy atom. The summed E-state index contributed by atoms with van der Waals surface area (Å²) >= 11 is 3.52. The summed E-state index contributed by atoms with van der Waals surface area (Å²) in [4.78, 5) is 14.6. The molecule has 1 aromatic carbocycles. The lowest BCUT2D eigenvalue weighted by molar-refractivity contribution is 0.0966. The van der Waals surface area contributed by atoms with Crippen LogP contribution in [0.1, 0.15) is 23.2 Å². The molecule has 0 aliphatic carbocycles. The summed E-state index contributed by atoms with van der Waals surface area (Å²) in [5.74, 6) is 0.302. The molecule has 84 valence electrons. The summed E-state index contributed by atoms with van der Waals surface area (Å²) < 4.78 is 0. The van der Waals surface area contributed by atoms with Crippen molar-refractivity contribution in [1.29, 1.82) is 0 Å². The van der Waals surface area contributed by atoms with Crippen molar-refractivity contribution >= 4 is 21.7 Å². The molecule has 0 amide bonds. The highest BCUT2D eigenvalue weighted by Crippen LogP contribution is 2.44. The zero-order chi connectivity index (χ0) is 11.1. The van der Waals surface area contributed by atoms with E-state index < -0.39 is 0 Å². The molecule has 0 N–H and O–H groups in total. The molecule has 0 spiro atoms. The van der Waals surface area contributed by atoms with Crippen LogP contribution in [0, 0.1) is 0 Å². The van der Waals surface area contributed by atoms with Crippen LogP contribution < -0.4 is 0 Å². The molecular formula is C13H14BrNO. The van der Waals surface area contributed by atoms with Gasteiger partial charge in [0.15, 0.2) is 5.78 Å². The fourth-order valence-electron chi connectivity index (χ4n) is 2.86. The maximum absolute atomic E-state index is 12.2. The second-order valence-corrected chi connectivity index (χ2v) is 5.22. The molecule has 0 saturated carbocycles. The molecule has 2 nitrogen and oxygen atoms in total. The number of nitrogens with zero attached hydrogens (tertiary/aromatic N) is 1. The van der Waals surface area contributed by atoms with Gasteiger partial charge >= 0.3 is 0 Å². The van der Waals surface area contributed by atoms with Crippen molar-refractivity contribution in [1.82, 2.24) is 4.90 Å². The number of benzene rings is 1. The van der Waals surface area contributed by atoms with E-state index in [1.165, 1.54) is 12.8 Å². The fraction of sp³-hybridized carbons (Fsp3) is 0.462. The Balaban J connectivity index is 1.75. The number of carbonyl (C=O) groups excluding carboxylic acids is 1. The number of carbonyl (C=O) groups is 1. The maximum Gasteiger partial charge on any atom is 0.181 e. The molecule has 4 atom stereocenters. The molecule has 16 heavy (non-hydrogen) atoms. The number of hydrogen-bond acceptors (Lipinski definition) is 2. The zero-order valence-corrected chi connectivity index (χ0v) is 10.6. The molecule has 2 aliphatic rings. The van der Waals surface area contributed by atoms with Crippen molar-refractivity contribution in [3.8, 4) is 0 Å². The van der Waals surface area contributed by atoms with Gasteiger partial charge in [-0.05, 0) is 12.8 Å². The van der Waals surface area contributed by atoms with Crippen molar-refractivity contribution in [3.05, 3.63) is 35.9 Å². The van der Waals surface area contributed by atoms with Crippen molar-refractivity contribution in [2.45, 2.75) is 31.0 Å². The van der Waals surface area contributed by atoms with Gasteiger partial charge in [-0.15, -0.1) is 0 Å². The number of alkyl halides is 1. The van der Waals surface area contributed by atoms with Crippen molar-refractivity contribution in [2.24, 2.45) is 0 Å². The van der Waals surface area contributed by atoms with Crippen LogP contribution in [-0.2, 0) is 0 Å². The molecule has 2 heterocycles. The van der Waals surface area contributed by atoms with Gasteiger partial charge in [-0.3, -0.25) is 9.69 Å². The molecule has 0 radical (unpaired) electrons. The lowest BCUT2D eigenvalue weighted by Crippen LogP contribution is -2.24. The predicted octanol–water partition coefficient (Wildman–Crippen LogP) is 2.48. The van der Waals surface area contributed by atoms with Gasteiger partial charge in [0.25, 0.3) is 0 Å². The lowest BCUT2D eigenvalue weighted by Gasteiger charge is -2.11. The van der Waals surface area contributed by atoms with E-state index in [1.807, 2.05) is 30.3 Å². The highest BCUT2D eigenvalue weighted by Gasteiger charge is 2.58. The van der Waals surface area contributed by atoms with Crippen molar-refractivity contribution in [2.75, 3.05) is 5.33 Å². The summed E-state index contributed by atoms with van der Waals surface area (Å²) in [5, 5.41) is 0.988. The zero-order valence-electron chi connectivity index (χ0n) is 8.97. The van der Waals surface area contributed by atoms with Gasteiger partial charge in [0.05, 0.1) is 6.04 Å². The van der Waals surface area contributed by atoms with Crippen LogP contribution in [0.5, 0.6) is 0 Å². The maximum atomic E-state index is 12.2. The van der Waals surface area contributed by atoms with E-state index in [0.29, 0.717) is 17.9 Å². The van der Waals surface area contributed by atoms with Gasteiger partial charge < -0.3 is 0 Å². The highest BCUT2D eigenvalue weighted by atomic mass is 79.9. The number of piperidine rings is 1. The van der Waals surface area contributed by atoms with E-state index >= 15 is 0 Å². The summed E-state index contributed by atoms with van der Waals surface area (Å²) in [6.07, 6.45) is 2.41. The number of fused-ring (bicyclic) bond motifs is 1. The normalized spacial score (nSPS) is 35.8. The van der Waals surface area contributed by atoms with Gasteiger partial charge in [-0.25, -0.2) is 0 Å². The summed E-state index contributed by atoms with van der Waals surface area (Å²) in [6, 6.07) is 10.9. The molecule has 1 aromatic rings. The largest absolute Gasteiger partial charge is 0.292 e. The fourth-order valence-corrected chi connectivity index (χ4v) is 3.51. The number of hydrogen-bond donors (Lipinski definition) is 0. The van der Waals surface area contributed by atoms with Gasteiger partial charge in [0.2, 0.25) is 0 Å². The molecular weight excluding hydrogens is 266 g/mol. The quantitative estimate of drug-likeness (QED) is 0.481. The number of rotatable bonds is 3. The minimum Gasteiger partial charge on any atom is -0.292 e. The van der Waals surface area contributed by atoms with Crippen molar-refractivity contribution < 1.29 is 4.79 Å². The Hall–Kier alpha value is -0.670. The van der Waals surface area contributed by atoms with Crippen LogP contribution in [-0.4, -0.2) is 34.1 Å². The first kappa shape index (κ1) is 10.5.